The van der Waals surface area contributed by atoms with E-state index in [9.17, 15) is 0 Å². The number of hydrogen-bond donors (Lipinski definition) is 0. The fraction of sp³-hybridized carbons (Fsp3) is 0.917. The smallest absolute Gasteiger partial charge is 0.314 e. The van der Waals surface area contributed by atoms with Crippen molar-refractivity contribution in [3.63, 3.8) is 0 Å². The van der Waals surface area contributed by atoms with Gasteiger partial charge in [0.05, 0.1) is 0 Å². The first-order chi connectivity index (χ1) is 8.83. The monoisotopic (exact) mass is 382 g/mol. The molecule has 4 nitrogen and oxygen atoms in total. The summed E-state index contributed by atoms with van der Waals surface area (Å²) in [5, 5.41) is 0. The van der Waals surface area contributed by atoms with Gasteiger partial charge in [0.15, 0.2) is 16.6 Å². The fourth-order valence-corrected chi connectivity index (χ4v) is 24.7. The van der Waals surface area contributed by atoms with E-state index in [2.05, 4.69) is 45.8 Å². The van der Waals surface area contributed by atoms with Gasteiger partial charge < -0.3 is 16.5 Å². The largest absolute Gasteiger partial charge is 0.437 e. The van der Waals surface area contributed by atoms with E-state index in [1.807, 2.05) is 26.2 Å². The molecule has 0 aromatic rings. The highest BCUT2D eigenvalue weighted by atomic mass is 28.5. The van der Waals surface area contributed by atoms with Crippen LogP contribution >= 0.6 is 0 Å². The highest BCUT2D eigenvalue weighted by Crippen LogP contribution is 2.25. The standard InChI is InChI=1S/C12H34O4Si5/c1-17(2,3)13-19(7,8)15-21(11,12)16-20(9,10)14-18(4,5)6/h1H,2-12H3. The topological polar surface area (TPSA) is 36.9 Å². The van der Waals surface area contributed by atoms with E-state index >= 15 is 0 Å². The van der Waals surface area contributed by atoms with Crippen LogP contribution in [-0.2, 0) is 16.5 Å². The van der Waals surface area contributed by atoms with Gasteiger partial charge in [-0.2, -0.15) is 0 Å². The third-order valence-corrected chi connectivity index (χ3v) is 18.4. The summed E-state index contributed by atoms with van der Waals surface area (Å²) in [6, 6.07) is 0. The molecule has 0 saturated heterocycles. The van der Waals surface area contributed by atoms with Gasteiger partial charge in [-0.15, -0.1) is 0 Å². The van der Waals surface area contributed by atoms with Gasteiger partial charge in [-0.25, -0.2) is 0 Å². The second kappa shape index (κ2) is 6.81. The van der Waals surface area contributed by atoms with Gasteiger partial charge in [-0.05, 0) is 78.6 Å². The first-order valence-corrected chi connectivity index (χ1v) is 22.3. The summed E-state index contributed by atoms with van der Waals surface area (Å²) in [6.45, 7) is 29.0. The lowest BCUT2D eigenvalue weighted by molar-refractivity contribution is 0.300. The predicted octanol–water partition coefficient (Wildman–Crippen LogP) is 4.45. The molecule has 0 aliphatic carbocycles. The Morgan fingerprint density at radius 3 is 1.05 bits per heavy atom. The molecular weight excluding hydrogens is 349 g/mol. The molecule has 0 unspecified atom stereocenters. The van der Waals surface area contributed by atoms with Crippen LogP contribution in [0, 0.1) is 6.55 Å². The van der Waals surface area contributed by atoms with Crippen LogP contribution in [0.4, 0.5) is 0 Å². The molecular formula is C12H34O4Si5. The fourth-order valence-electron chi connectivity index (χ4n) is 2.62. The lowest BCUT2D eigenvalue weighted by Crippen LogP contribution is -2.58. The average Bonchev–Trinajstić information content (AvgIpc) is 1.83. The molecule has 0 fully saturated rings. The maximum absolute atomic E-state index is 6.35. The van der Waals surface area contributed by atoms with Crippen molar-refractivity contribution in [2.24, 2.45) is 0 Å². The van der Waals surface area contributed by atoms with Crippen LogP contribution < -0.4 is 0 Å². The minimum absolute atomic E-state index is 1.62. The molecule has 0 bridgehead atoms. The predicted molar refractivity (Wildman–Crippen MR) is 102 cm³/mol. The summed E-state index contributed by atoms with van der Waals surface area (Å²) in [7, 11) is -10.5. The van der Waals surface area contributed by atoms with Gasteiger partial charge in [0, 0.05) is 0 Å². The van der Waals surface area contributed by atoms with Crippen molar-refractivity contribution in [1.82, 2.24) is 0 Å². The summed E-state index contributed by atoms with van der Waals surface area (Å²) < 4.78 is 25.0. The molecule has 0 rings (SSSR count). The zero-order valence-corrected chi connectivity index (χ0v) is 20.7. The van der Waals surface area contributed by atoms with Crippen molar-refractivity contribution in [3.8, 4) is 0 Å². The summed E-state index contributed by atoms with van der Waals surface area (Å²) in [5.74, 6) is 0. The number of hydrogen-bond acceptors (Lipinski definition) is 4. The van der Waals surface area contributed by atoms with Crippen LogP contribution in [0.2, 0.25) is 72.0 Å². The second-order valence-electron chi connectivity index (χ2n) is 8.32. The molecule has 126 valence electrons. The van der Waals surface area contributed by atoms with Crippen LogP contribution in [0.25, 0.3) is 0 Å². The highest BCUT2D eigenvalue weighted by Gasteiger charge is 2.44. The molecule has 2 radical (unpaired) electrons. The van der Waals surface area contributed by atoms with Crippen molar-refractivity contribution in [1.29, 1.82) is 0 Å². The van der Waals surface area contributed by atoms with Crippen LogP contribution in [0.3, 0.4) is 0 Å². The number of rotatable bonds is 8. The van der Waals surface area contributed by atoms with Crippen LogP contribution in [0.5, 0.6) is 0 Å². The molecule has 0 saturated carbocycles. The van der Waals surface area contributed by atoms with Gasteiger partial charge in [0.1, 0.15) is 0 Å². The molecule has 0 aliphatic heterocycles. The normalized spacial score (nSPS) is 15.4. The minimum Gasteiger partial charge on any atom is -0.437 e. The molecule has 0 aromatic carbocycles. The van der Waals surface area contributed by atoms with Gasteiger partial charge in [0.2, 0.25) is 0 Å². The van der Waals surface area contributed by atoms with E-state index in [0.29, 0.717) is 0 Å². The van der Waals surface area contributed by atoms with Crippen molar-refractivity contribution in [2.75, 3.05) is 0 Å². The molecule has 0 aliphatic rings. The first kappa shape index (κ1) is 21.9. The molecule has 0 amide bonds. The third-order valence-electron chi connectivity index (χ3n) is 2.04. The Bertz CT molecular complexity index is 313. The zero-order chi connectivity index (χ0) is 17.3. The SMILES string of the molecule is [CH][Si](C)(C)O[Si](C)(C)O[Si](C)(C)O[Si](C)(C)O[Si](C)(C)C. The van der Waals surface area contributed by atoms with E-state index in [1.54, 1.807) is 0 Å². The molecule has 9 heteroatoms. The van der Waals surface area contributed by atoms with Crippen molar-refractivity contribution < 1.29 is 16.5 Å². The van der Waals surface area contributed by atoms with Crippen LogP contribution in [-0.4, -0.2) is 42.3 Å². The average molecular weight is 383 g/mol. The first-order valence-electron chi connectivity index (χ1n) is 7.42. The Balaban J connectivity index is 4.83. The second-order valence-corrected chi connectivity index (χ2v) is 27.4. The molecule has 0 N–H and O–H groups in total. The molecule has 0 atom stereocenters. The van der Waals surface area contributed by atoms with Gasteiger partial charge in [-0.3, -0.25) is 0 Å². The van der Waals surface area contributed by atoms with E-state index in [-0.39, 0.29) is 0 Å². The Morgan fingerprint density at radius 1 is 0.476 bits per heavy atom. The third kappa shape index (κ3) is 12.1. The van der Waals surface area contributed by atoms with Crippen molar-refractivity contribution >= 4 is 42.3 Å². The Hall–Kier alpha value is 0.924. The van der Waals surface area contributed by atoms with Gasteiger partial charge in [-0.1, -0.05) is 0 Å². The van der Waals surface area contributed by atoms with E-state index in [1.165, 1.54) is 0 Å². The molecule has 21 heavy (non-hydrogen) atoms. The maximum atomic E-state index is 6.35. The maximum Gasteiger partial charge on any atom is 0.314 e. The Kier molecular flexibility index (Phi) is 7.11. The summed E-state index contributed by atoms with van der Waals surface area (Å²) >= 11 is 0. The summed E-state index contributed by atoms with van der Waals surface area (Å²) in [6.07, 6.45) is 0. The summed E-state index contributed by atoms with van der Waals surface area (Å²) in [4.78, 5) is 0. The molecule has 0 heterocycles. The molecule has 0 aromatic heterocycles. The van der Waals surface area contributed by atoms with Crippen molar-refractivity contribution in [3.05, 3.63) is 6.55 Å². The van der Waals surface area contributed by atoms with E-state index < -0.39 is 42.3 Å². The van der Waals surface area contributed by atoms with Gasteiger partial charge in [0.25, 0.3) is 0 Å². The Morgan fingerprint density at radius 2 is 0.762 bits per heavy atom. The lowest BCUT2D eigenvalue weighted by Gasteiger charge is -2.41. The zero-order valence-electron chi connectivity index (χ0n) is 15.7. The highest BCUT2D eigenvalue weighted by molar-refractivity contribution is 6.90. The van der Waals surface area contributed by atoms with Gasteiger partial charge >= 0.3 is 25.7 Å². The minimum atomic E-state index is -2.31. The van der Waals surface area contributed by atoms with E-state index in [0.717, 1.165) is 0 Å². The van der Waals surface area contributed by atoms with Crippen molar-refractivity contribution in [2.45, 2.75) is 72.0 Å². The lowest BCUT2D eigenvalue weighted by atomic mass is 11.8. The Labute approximate surface area is 137 Å². The van der Waals surface area contributed by atoms with E-state index in [4.69, 9.17) is 23.0 Å². The summed E-state index contributed by atoms with van der Waals surface area (Å²) in [5.41, 5.74) is 0. The van der Waals surface area contributed by atoms with Crippen LogP contribution in [0.15, 0.2) is 0 Å². The molecule has 0 spiro atoms. The van der Waals surface area contributed by atoms with Crippen LogP contribution in [0.1, 0.15) is 0 Å². The quantitative estimate of drug-likeness (QED) is 0.581.